The molecule has 0 saturated carbocycles. The molecule has 1 amide bonds. The highest BCUT2D eigenvalue weighted by Crippen LogP contribution is 2.25. The number of aryl methyl sites for hydroxylation is 2. The van der Waals surface area contributed by atoms with E-state index in [2.05, 4.69) is 24.3 Å². The lowest BCUT2D eigenvalue weighted by molar-refractivity contribution is 0.0727. The van der Waals surface area contributed by atoms with Gasteiger partial charge in [-0.2, -0.15) is 0 Å². The maximum atomic E-state index is 12.6. The van der Waals surface area contributed by atoms with Crippen molar-refractivity contribution in [2.24, 2.45) is 0 Å². The Balaban J connectivity index is 1.57. The van der Waals surface area contributed by atoms with E-state index in [-0.39, 0.29) is 5.91 Å². The summed E-state index contributed by atoms with van der Waals surface area (Å²) in [6.07, 6.45) is 4.65. The normalized spacial score (nSPS) is 16.8. The third-order valence-corrected chi connectivity index (χ3v) is 4.72. The van der Waals surface area contributed by atoms with Crippen LogP contribution in [0.1, 0.15) is 39.0 Å². The Labute approximate surface area is 125 Å². The molecule has 2 nitrogen and oxygen atoms in total. The van der Waals surface area contributed by atoms with Crippen molar-refractivity contribution in [2.75, 3.05) is 6.54 Å². The van der Waals surface area contributed by atoms with Gasteiger partial charge in [0.2, 0.25) is 0 Å². The quantitative estimate of drug-likeness (QED) is 0.824. The summed E-state index contributed by atoms with van der Waals surface area (Å²) in [5, 5.41) is 0. The molecule has 2 aromatic rings. The maximum Gasteiger partial charge on any atom is 0.254 e. The second kappa shape index (κ2) is 5.03. The van der Waals surface area contributed by atoms with E-state index in [0.29, 0.717) is 0 Å². The largest absolute Gasteiger partial charge is 0.334 e. The predicted octanol–water partition coefficient (Wildman–Crippen LogP) is 3.37. The summed E-state index contributed by atoms with van der Waals surface area (Å²) in [6.45, 7) is 1.56. The molecule has 2 heteroatoms. The van der Waals surface area contributed by atoms with E-state index in [9.17, 15) is 4.79 Å². The molecule has 0 N–H and O–H groups in total. The summed E-state index contributed by atoms with van der Waals surface area (Å²) in [5.74, 6) is 0.178. The summed E-state index contributed by atoms with van der Waals surface area (Å²) in [7, 11) is 0. The van der Waals surface area contributed by atoms with Crippen LogP contribution in [0.5, 0.6) is 0 Å². The van der Waals surface area contributed by atoms with Crippen LogP contribution in [0.3, 0.4) is 0 Å². The van der Waals surface area contributed by atoms with Crippen molar-refractivity contribution in [1.29, 1.82) is 0 Å². The zero-order chi connectivity index (χ0) is 14.2. The Morgan fingerprint density at radius 1 is 0.905 bits per heavy atom. The van der Waals surface area contributed by atoms with Crippen LogP contribution >= 0.6 is 0 Å². The molecule has 1 aliphatic carbocycles. The Bertz CT molecular complexity index is 704. The van der Waals surface area contributed by atoms with Crippen molar-refractivity contribution in [3.05, 3.63) is 70.3 Å². The fourth-order valence-corrected chi connectivity index (χ4v) is 3.57. The fourth-order valence-electron chi connectivity index (χ4n) is 3.57. The molecule has 1 aliphatic heterocycles. The van der Waals surface area contributed by atoms with E-state index < -0.39 is 0 Å². The van der Waals surface area contributed by atoms with Gasteiger partial charge in [0.15, 0.2) is 0 Å². The molecule has 4 rings (SSSR count). The van der Waals surface area contributed by atoms with Gasteiger partial charge in [-0.15, -0.1) is 0 Å². The summed E-state index contributed by atoms with van der Waals surface area (Å²) < 4.78 is 0. The third kappa shape index (κ3) is 2.25. The SMILES string of the molecule is O=C1c2ccccc2CCN1Cc1ccc2c(c1)CCC2. The first-order valence-corrected chi connectivity index (χ1v) is 7.79. The fraction of sp³-hybridized carbons (Fsp3) is 0.316. The first-order valence-electron chi connectivity index (χ1n) is 7.79. The lowest BCUT2D eigenvalue weighted by Crippen LogP contribution is -2.36. The summed E-state index contributed by atoms with van der Waals surface area (Å²) in [6, 6.07) is 14.7. The molecule has 0 aromatic heterocycles. The van der Waals surface area contributed by atoms with E-state index in [4.69, 9.17) is 0 Å². The summed E-state index contributed by atoms with van der Waals surface area (Å²) in [4.78, 5) is 14.6. The van der Waals surface area contributed by atoms with Gasteiger partial charge in [0.05, 0.1) is 0 Å². The molecule has 0 fully saturated rings. The highest BCUT2D eigenvalue weighted by atomic mass is 16.2. The molecule has 21 heavy (non-hydrogen) atoms. The second-order valence-corrected chi connectivity index (χ2v) is 6.09. The van der Waals surface area contributed by atoms with Crippen molar-refractivity contribution in [1.82, 2.24) is 4.90 Å². The van der Waals surface area contributed by atoms with Crippen LogP contribution in [0, 0.1) is 0 Å². The summed E-state index contributed by atoms with van der Waals surface area (Å²) >= 11 is 0. The first kappa shape index (κ1) is 12.6. The molecule has 2 aliphatic rings. The lowest BCUT2D eigenvalue weighted by Gasteiger charge is -2.28. The average Bonchev–Trinajstić information content (AvgIpc) is 2.98. The monoisotopic (exact) mass is 277 g/mol. The highest BCUT2D eigenvalue weighted by Gasteiger charge is 2.24. The zero-order valence-electron chi connectivity index (χ0n) is 12.1. The van der Waals surface area contributed by atoms with Crippen molar-refractivity contribution >= 4 is 5.91 Å². The van der Waals surface area contributed by atoms with Crippen molar-refractivity contribution in [3.8, 4) is 0 Å². The van der Waals surface area contributed by atoms with Crippen LogP contribution in [0.2, 0.25) is 0 Å². The first-order chi connectivity index (χ1) is 10.3. The van der Waals surface area contributed by atoms with Crippen LogP contribution in [0.15, 0.2) is 42.5 Å². The minimum Gasteiger partial charge on any atom is -0.334 e. The zero-order valence-corrected chi connectivity index (χ0v) is 12.1. The van der Waals surface area contributed by atoms with Gasteiger partial charge < -0.3 is 4.90 Å². The van der Waals surface area contributed by atoms with Gasteiger partial charge in [0.25, 0.3) is 5.91 Å². The number of amides is 1. The van der Waals surface area contributed by atoms with Crippen LogP contribution in [-0.2, 0) is 25.8 Å². The number of nitrogens with zero attached hydrogens (tertiary/aromatic N) is 1. The van der Waals surface area contributed by atoms with Crippen LogP contribution in [0.4, 0.5) is 0 Å². The molecular weight excluding hydrogens is 258 g/mol. The average molecular weight is 277 g/mol. The van der Waals surface area contributed by atoms with Crippen molar-refractivity contribution in [3.63, 3.8) is 0 Å². The standard InChI is InChI=1S/C19H19NO/c21-19-18-7-2-1-4-16(18)10-11-20(19)13-14-8-9-15-5-3-6-17(15)12-14/h1-2,4,7-9,12H,3,5-6,10-11,13H2. The van der Waals surface area contributed by atoms with Gasteiger partial charge >= 0.3 is 0 Å². The van der Waals surface area contributed by atoms with Gasteiger partial charge in [-0.25, -0.2) is 0 Å². The van der Waals surface area contributed by atoms with Crippen LogP contribution in [-0.4, -0.2) is 17.4 Å². The Morgan fingerprint density at radius 2 is 1.76 bits per heavy atom. The molecule has 0 spiro atoms. The van der Waals surface area contributed by atoms with E-state index in [1.54, 1.807) is 0 Å². The minimum absolute atomic E-state index is 0.178. The number of benzene rings is 2. The Kier molecular flexibility index (Phi) is 3.03. The smallest absolute Gasteiger partial charge is 0.254 e. The molecule has 1 heterocycles. The molecule has 0 atom stereocenters. The Morgan fingerprint density at radius 3 is 2.71 bits per heavy atom. The van der Waals surface area contributed by atoms with Gasteiger partial charge in [0.1, 0.15) is 0 Å². The molecule has 0 saturated heterocycles. The number of hydrogen-bond acceptors (Lipinski definition) is 1. The van der Waals surface area contributed by atoms with Gasteiger partial charge in [-0.1, -0.05) is 36.4 Å². The second-order valence-electron chi connectivity index (χ2n) is 6.09. The van der Waals surface area contributed by atoms with E-state index in [1.165, 1.54) is 41.5 Å². The number of fused-ring (bicyclic) bond motifs is 2. The molecular formula is C19H19NO. The van der Waals surface area contributed by atoms with Gasteiger partial charge in [-0.3, -0.25) is 4.79 Å². The van der Waals surface area contributed by atoms with E-state index in [0.717, 1.165) is 25.1 Å². The molecule has 0 bridgehead atoms. The van der Waals surface area contributed by atoms with E-state index >= 15 is 0 Å². The number of hydrogen-bond donors (Lipinski definition) is 0. The molecule has 0 unspecified atom stereocenters. The lowest BCUT2D eigenvalue weighted by atomic mass is 9.98. The van der Waals surface area contributed by atoms with Crippen molar-refractivity contribution < 1.29 is 4.79 Å². The topological polar surface area (TPSA) is 20.3 Å². The van der Waals surface area contributed by atoms with Crippen LogP contribution in [0.25, 0.3) is 0 Å². The number of rotatable bonds is 2. The molecule has 2 aromatic carbocycles. The van der Waals surface area contributed by atoms with Gasteiger partial charge in [-0.05, 0) is 54.0 Å². The number of carbonyl (C=O) groups is 1. The van der Waals surface area contributed by atoms with Crippen molar-refractivity contribution in [2.45, 2.75) is 32.2 Å². The van der Waals surface area contributed by atoms with Gasteiger partial charge in [0, 0.05) is 18.7 Å². The third-order valence-electron chi connectivity index (χ3n) is 4.72. The molecule has 106 valence electrons. The minimum atomic E-state index is 0.178. The predicted molar refractivity (Wildman–Crippen MR) is 83.4 cm³/mol. The van der Waals surface area contributed by atoms with Crippen LogP contribution < -0.4 is 0 Å². The molecule has 0 radical (unpaired) electrons. The summed E-state index contributed by atoms with van der Waals surface area (Å²) in [5.41, 5.74) is 6.31. The maximum absolute atomic E-state index is 12.6. The number of carbonyl (C=O) groups excluding carboxylic acids is 1. The van der Waals surface area contributed by atoms with E-state index in [1.807, 2.05) is 23.1 Å². The Hall–Kier alpha value is -2.09. The highest BCUT2D eigenvalue weighted by molar-refractivity contribution is 5.96.